The number of benzene rings is 1. The van der Waals surface area contributed by atoms with E-state index in [1.807, 2.05) is 42.5 Å². The van der Waals surface area contributed by atoms with E-state index in [1.165, 1.54) is 0 Å². The van der Waals surface area contributed by atoms with E-state index in [1.54, 1.807) is 6.20 Å². The first-order valence-corrected chi connectivity index (χ1v) is 9.53. The summed E-state index contributed by atoms with van der Waals surface area (Å²) in [6.45, 7) is 0.586. The molecule has 2 aliphatic carbocycles. The van der Waals surface area contributed by atoms with Crippen LogP contribution in [0, 0.1) is 5.41 Å². The molecule has 1 aromatic carbocycles. The Morgan fingerprint density at radius 1 is 1.19 bits per heavy atom. The van der Waals surface area contributed by atoms with Gasteiger partial charge >= 0.3 is 0 Å². The number of nitrogen functional groups attached to an aromatic ring is 1. The van der Waals surface area contributed by atoms with Crippen LogP contribution in [0.1, 0.15) is 31.2 Å². The third-order valence-electron chi connectivity index (χ3n) is 5.24. The Labute approximate surface area is 164 Å². The number of para-hydroxylation sites is 1. The van der Waals surface area contributed by atoms with Crippen LogP contribution >= 0.6 is 12.2 Å². The topological polar surface area (TPSA) is 80.0 Å². The van der Waals surface area contributed by atoms with E-state index in [9.17, 15) is 4.79 Å². The fourth-order valence-corrected chi connectivity index (χ4v) is 3.95. The summed E-state index contributed by atoms with van der Waals surface area (Å²) >= 11 is 5.60. The van der Waals surface area contributed by atoms with Gasteiger partial charge in [-0.15, -0.1) is 0 Å². The van der Waals surface area contributed by atoms with Crippen LogP contribution in [0.5, 0.6) is 0 Å². The Kier molecular flexibility index (Phi) is 4.66. The smallest absolute Gasteiger partial charge is 0.168 e. The number of Topliss-reactive ketones (excluding diaryl/α,β-unsaturated/α-hetero) is 1. The highest BCUT2D eigenvalue weighted by Gasteiger charge is 2.49. The number of anilines is 2. The zero-order valence-corrected chi connectivity index (χ0v) is 15.8. The van der Waals surface area contributed by atoms with Gasteiger partial charge in [0.05, 0.1) is 5.57 Å². The highest BCUT2D eigenvalue weighted by Crippen LogP contribution is 2.56. The van der Waals surface area contributed by atoms with Crippen molar-refractivity contribution in [2.75, 3.05) is 11.1 Å². The van der Waals surface area contributed by atoms with Crippen LogP contribution < -0.4 is 16.4 Å². The van der Waals surface area contributed by atoms with Gasteiger partial charge in [-0.2, -0.15) is 0 Å². The maximum absolute atomic E-state index is 12.9. The van der Waals surface area contributed by atoms with Crippen LogP contribution in [0.4, 0.5) is 11.5 Å². The number of nitrogens with zero attached hydrogens (tertiary/aromatic N) is 1. The number of carbonyl (C=O) groups excluding carboxylic acids is 1. The van der Waals surface area contributed by atoms with Gasteiger partial charge < -0.3 is 16.4 Å². The minimum atomic E-state index is 0.129. The number of rotatable bonds is 5. The number of hydrogen-bond donors (Lipinski definition) is 3. The number of pyridine rings is 1. The molecular weight excluding hydrogens is 356 g/mol. The van der Waals surface area contributed by atoms with Crippen molar-refractivity contribution in [3.63, 3.8) is 0 Å². The quantitative estimate of drug-likeness (QED) is 0.690. The second kappa shape index (κ2) is 7.12. The number of ketones is 1. The Hall–Kier alpha value is -2.73. The van der Waals surface area contributed by atoms with Gasteiger partial charge in [0.15, 0.2) is 5.78 Å². The van der Waals surface area contributed by atoms with Crippen molar-refractivity contribution in [1.82, 2.24) is 10.3 Å². The van der Waals surface area contributed by atoms with Crippen LogP contribution in [-0.4, -0.2) is 15.8 Å². The van der Waals surface area contributed by atoms with E-state index in [2.05, 4.69) is 15.6 Å². The van der Waals surface area contributed by atoms with E-state index in [0.29, 0.717) is 29.3 Å². The molecule has 1 heterocycles. The van der Waals surface area contributed by atoms with Crippen molar-refractivity contribution in [2.45, 2.75) is 32.2 Å². The van der Waals surface area contributed by atoms with Crippen molar-refractivity contribution >= 4 is 34.5 Å². The number of aromatic nitrogens is 1. The van der Waals surface area contributed by atoms with Crippen molar-refractivity contribution in [1.29, 1.82) is 0 Å². The molecule has 1 aromatic heterocycles. The third kappa shape index (κ3) is 4.01. The van der Waals surface area contributed by atoms with Gasteiger partial charge in [0.2, 0.25) is 0 Å². The van der Waals surface area contributed by atoms with E-state index >= 15 is 0 Å². The van der Waals surface area contributed by atoms with Gasteiger partial charge in [-0.25, -0.2) is 4.98 Å². The number of carbonyl (C=O) groups is 1. The zero-order chi connectivity index (χ0) is 18.9. The second-order valence-corrected chi connectivity index (χ2v) is 7.80. The predicted molar refractivity (Wildman–Crippen MR) is 111 cm³/mol. The van der Waals surface area contributed by atoms with Gasteiger partial charge in [0, 0.05) is 30.5 Å². The summed E-state index contributed by atoms with van der Waals surface area (Å²) in [6, 6.07) is 13.5. The summed E-state index contributed by atoms with van der Waals surface area (Å²) < 4.78 is 0. The van der Waals surface area contributed by atoms with Crippen LogP contribution in [0.3, 0.4) is 0 Å². The minimum Gasteiger partial charge on any atom is -0.384 e. The number of nitrogens with two attached hydrogens (primary N) is 1. The molecule has 0 aliphatic heterocycles. The molecule has 27 heavy (non-hydrogen) atoms. The lowest BCUT2D eigenvalue weighted by molar-refractivity contribution is -0.116. The van der Waals surface area contributed by atoms with Crippen LogP contribution in [-0.2, 0) is 11.3 Å². The van der Waals surface area contributed by atoms with Gasteiger partial charge in [-0.1, -0.05) is 30.4 Å². The van der Waals surface area contributed by atoms with Crippen molar-refractivity contribution in [3.8, 4) is 0 Å². The molecule has 0 bridgehead atoms. The molecule has 2 aliphatic rings. The predicted octanol–water partition coefficient (Wildman–Crippen LogP) is 3.59. The molecule has 1 spiro atoms. The fraction of sp³-hybridized carbons (Fsp3) is 0.286. The first kappa shape index (κ1) is 17.7. The Bertz CT molecular complexity index is 919. The second-order valence-electron chi connectivity index (χ2n) is 7.39. The van der Waals surface area contributed by atoms with Crippen LogP contribution in [0.2, 0.25) is 0 Å². The molecule has 0 radical (unpaired) electrons. The van der Waals surface area contributed by atoms with E-state index < -0.39 is 0 Å². The fourth-order valence-electron chi connectivity index (χ4n) is 3.60. The first-order chi connectivity index (χ1) is 13.0. The molecule has 1 fully saturated rings. The molecule has 1 saturated carbocycles. The molecule has 2 aromatic rings. The standard InChI is InChI=1S/C21H22N4OS/c22-18-10-14(6-9-23-18)13-24-16-11-21(7-8-21)12-17(26)19(16)20(27)25-15-4-2-1-3-5-15/h1-6,9-10,24H,7-8,11-13H2,(H2,22,23)(H,25,27). The molecule has 4 rings (SSSR count). The molecule has 138 valence electrons. The number of allylic oxidation sites excluding steroid dienone is 1. The van der Waals surface area contributed by atoms with Crippen molar-refractivity contribution in [2.24, 2.45) is 5.41 Å². The van der Waals surface area contributed by atoms with Crippen LogP contribution in [0.15, 0.2) is 59.9 Å². The maximum atomic E-state index is 12.9. The Balaban J connectivity index is 1.58. The zero-order valence-electron chi connectivity index (χ0n) is 15.0. The lowest BCUT2D eigenvalue weighted by atomic mass is 9.83. The summed E-state index contributed by atoms with van der Waals surface area (Å²) in [6.07, 6.45) is 5.37. The maximum Gasteiger partial charge on any atom is 0.168 e. The monoisotopic (exact) mass is 378 g/mol. The first-order valence-electron chi connectivity index (χ1n) is 9.12. The molecule has 0 saturated heterocycles. The number of nitrogens with one attached hydrogen (secondary N) is 2. The highest BCUT2D eigenvalue weighted by molar-refractivity contribution is 7.81. The summed E-state index contributed by atoms with van der Waals surface area (Å²) in [5.74, 6) is 0.618. The SMILES string of the molecule is Nc1cc(CNC2=C(C(=S)Nc3ccccc3)C(=O)CC3(CC3)C2)ccn1. The molecule has 0 unspecified atom stereocenters. The average molecular weight is 379 g/mol. The van der Waals surface area contributed by atoms with E-state index in [-0.39, 0.29) is 11.2 Å². The third-order valence-corrected chi connectivity index (χ3v) is 5.54. The van der Waals surface area contributed by atoms with Gasteiger partial charge in [0.25, 0.3) is 0 Å². The Morgan fingerprint density at radius 2 is 1.96 bits per heavy atom. The summed E-state index contributed by atoms with van der Waals surface area (Å²) in [5, 5.41) is 6.67. The molecule has 0 amide bonds. The van der Waals surface area contributed by atoms with Gasteiger partial charge in [0.1, 0.15) is 10.8 Å². The largest absolute Gasteiger partial charge is 0.384 e. The highest BCUT2D eigenvalue weighted by atomic mass is 32.1. The molecule has 5 nitrogen and oxygen atoms in total. The van der Waals surface area contributed by atoms with Crippen molar-refractivity contribution in [3.05, 3.63) is 65.5 Å². The Morgan fingerprint density at radius 3 is 2.67 bits per heavy atom. The van der Waals surface area contributed by atoms with E-state index in [0.717, 1.165) is 36.2 Å². The normalized spacial score (nSPS) is 17.7. The minimum absolute atomic E-state index is 0.129. The molecule has 4 N–H and O–H groups in total. The van der Waals surface area contributed by atoms with E-state index in [4.69, 9.17) is 18.0 Å². The molecule has 6 heteroatoms. The lowest BCUT2D eigenvalue weighted by Crippen LogP contribution is -2.32. The summed E-state index contributed by atoms with van der Waals surface area (Å²) in [5.41, 5.74) is 9.38. The molecular formula is C21H22N4OS. The van der Waals surface area contributed by atoms with Gasteiger partial charge in [-0.3, -0.25) is 4.79 Å². The summed E-state index contributed by atoms with van der Waals surface area (Å²) in [7, 11) is 0. The average Bonchev–Trinajstić information content (AvgIpc) is 3.38. The summed E-state index contributed by atoms with van der Waals surface area (Å²) in [4.78, 5) is 17.4. The van der Waals surface area contributed by atoms with Crippen molar-refractivity contribution < 1.29 is 4.79 Å². The number of hydrogen-bond acceptors (Lipinski definition) is 5. The van der Waals surface area contributed by atoms with Gasteiger partial charge in [-0.05, 0) is 54.5 Å². The lowest BCUT2D eigenvalue weighted by Gasteiger charge is -2.27. The van der Waals surface area contributed by atoms with Crippen LogP contribution in [0.25, 0.3) is 0 Å². The molecule has 0 atom stereocenters. The number of thiocarbonyl (C=S) groups is 1.